The standard InChI is InChI=1S/C15H15N3O3/c1-9-5-6-16-8-13(9)18-15(21)17-12-4-3-11(14(19)20)7-10(12)2/h3-8H,1-2H3,(H,19,20)(H2,17,18,21). The van der Waals surface area contributed by atoms with Crippen molar-refractivity contribution in [3.05, 3.63) is 53.3 Å². The van der Waals surface area contributed by atoms with Crippen LogP contribution in [0.3, 0.4) is 0 Å². The summed E-state index contributed by atoms with van der Waals surface area (Å²) < 4.78 is 0. The van der Waals surface area contributed by atoms with Gasteiger partial charge in [-0.25, -0.2) is 9.59 Å². The van der Waals surface area contributed by atoms with Crippen LogP contribution < -0.4 is 10.6 Å². The summed E-state index contributed by atoms with van der Waals surface area (Å²) in [6, 6.07) is 5.90. The molecule has 0 aliphatic carbocycles. The van der Waals surface area contributed by atoms with Crippen LogP contribution in [-0.2, 0) is 0 Å². The Labute approximate surface area is 121 Å². The largest absolute Gasteiger partial charge is 0.478 e. The maximum absolute atomic E-state index is 11.9. The highest BCUT2D eigenvalue weighted by atomic mass is 16.4. The number of nitrogens with one attached hydrogen (secondary N) is 2. The number of carboxylic acids is 1. The van der Waals surface area contributed by atoms with Crippen molar-refractivity contribution in [2.24, 2.45) is 0 Å². The van der Waals surface area contributed by atoms with Gasteiger partial charge in [-0.15, -0.1) is 0 Å². The molecule has 0 saturated heterocycles. The van der Waals surface area contributed by atoms with E-state index >= 15 is 0 Å². The monoisotopic (exact) mass is 285 g/mol. The number of aromatic nitrogens is 1. The third-order valence-corrected chi connectivity index (χ3v) is 3.01. The van der Waals surface area contributed by atoms with E-state index in [1.165, 1.54) is 12.1 Å². The highest BCUT2D eigenvalue weighted by Gasteiger charge is 2.09. The Kier molecular flexibility index (Phi) is 4.18. The van der Waals surface area contributed by atoms with Crippen molar-refractivity contribution >= 4 is 23.4 Å². The average Bonchev–Trinajstić information content (AvgIpc) is 2.43. The lowest BCUT2D eigenvalue weighted by atomic mass is 10.1. The molecule has 108 valence electrons. The zero-order chi connectivity index (χ0) is 15.4. The van der Waals surface area contributed by atoms with E-state index in [1.54, 1.807) is 31.5 Å². The fourth-order valence-corrected chi connectivity index (χ4v) is 1.81. The smallest absolute Gasteiger partial charge is 0.335 e. The number of urea groups is 1. The van der Waals surface area contributed by atoms with E-state index < -0.39 is 12.0 Å². The Morgan fingerprint density at radius 2 is 1.76 bits per heavy atom. The van der Waals surface area contributed by atoms with Gasteiger partial charge in [0, 0.05) is 11.9 Å². The summed E-state index contributed by atoms with van der Waals surface area (Å²) in [6.07, 6.45) is 3.21. The van der Waals surface area contributed by atoms with Crippen LogP contribution >= 0.6 is 0 Å². The molecule has 2 amide bonds. The summed E-state index contributed by atoms with van der Waals surface area (Å²) in [7, 11) is 0. The molecule has 1 aromatic carbocycles. The van der Waals surface area contributed by atoms with Crippen LogP contribution in [0, 0.1) is 13.8 Å². The van der Waals surface area contributed by atoms with Gasteiger partial charge >= 0.3 is 12.0 Å². The molecule has 0 fully saturated rings. The maximum Gasteiger partial charge on any atom is 0.335 e. The summed E-state index contributed by atoms with van der Waals surface area (Å²) in [5, 5.41) is 14.3. The third kappa shape index (κ3) is 3.56. The Morgan fingerprint density at radius 1 is 1.05 bits per heavy atom. The lowest BCUT2D eigenvalue weighted by molar-refractivity contribution is 0.0697. The number of nitrogens with zero attached hydrogens (tertiary/aromatic N) is 1. The maximum atomic E-state index is 11.9. The zero-order valence-corrected chi connectivity index (χ0v) is 11.7. The van der Waals surface area contributed by atoms with E-state index in [4.69, 9.17) is 5.11 Å². The van der Waals surface area contributed by atoms with Crippen molar-refractivity contribution in [1.29, 1.82) is 0 Å². The second kappa shape index (κ2) is 6.04. The predicted octanol–water partition coefficient (Wildman–Crippen LogP) is 3.04. The Hall–Kier alpha value is -2.89. The van der Waals surface area contributed by atoms with Crippen molar-refractivity contribution < 1.29 is 14.7 Å². The first-order chi connectivity index (χ1) is 9.97. The minimum Gasteiger partial charge on any atom is -0.478 e. The molecular weight excluding hydrogens is 270 g/mol. The van der Waals surface area contributed by atoms with Crippen LogP contribution in [-0.4, -0.2) is 22.1 Å². The second-order valence-electron chi connectivity index (χ2n) is 4.60. The van der Waals surface area contributed by atoms with E-state index in [2.05, 4.69) is 15.6 Å². The lowest BCUT2D eigenvalue weighted by Gasteiger charge is -2.11. The fourth-order valence-electron chi connectivity index (χ4n) is 1.81. The molecule has 21 heavy (non-hydrogen) atoms. The second-order valence-corrected chi connectivity index (χ2v) is 4.60. The molecular formula is C15H15N3O3. The fraction of sp³-hybridized carbons (Fsp3) is 0.133. The van der Waals surface area contributed by atoms with Crippen LogP contribution in [0.4, 0.5) is 16.2 Å². The first kappa shape index (κ1) is 14.5. The molecule has 6 nitrogen and oxygen atoms in total. The molecule has 6 heteroatoms. The quantitative estimate of drug-likeness (QED) is 0.808. The first-order valence-corrected chi connectivity index (χ1v) is 6.30. The highest BCUT2D eigenvalue weighted by Crippen LogP contribution is 2.18. The van der Waals surface area contributed by atoms with Crippen molar-refractivity contribution in [3.8, 4) is 0 Å². The number of anilines is 2. The molecule has 0 saturated carbocycles. The Bertz CT molecular complexity index is 698. The summed E-state index contributed by atoms with van der Waals surface area (Å²) >= 11 is 0. The van der Waals surface area contributed by atoms with E-state index in [0.29, 0.717) is 16.9 Å². The van der Waals surface area contributed by atoms with Crippen LogP contribution in [0.25, 0.3) is 0 Å². The number of carbonyl (C=O) groups excluding carboxylic acids is 1. The Balaban J connectivity index is 2.10. The van der Waals surface area contributed by atoms with Gasteiger partial charge in [0.15, 0.2) is 0 Å². The number of hydrogen-bond acceptors (Lipinski definition) is 3. The number of carboxylic acid groups (broad SMARTS) is 1. The van der Waals surface area contributed by atoms with E-state index in [-0.39, 0.29) is 5.56 Å². The summed E-state index contributed by atoms with van der Waals surface area (Å²) in [5.41, 5.74) is 2.93. The number of carbonyl (C=O) groups is 2. The number of benzene rings is 1. The normalized spacial score (nSPS) is 10.0. The minimum absolute atomic E-state index is 0.182. The lowest BCUT2D eigenvalue weighted by Crippen LogP contribution is -2.20. The van der Waals surface area contributed by atoms with Crippen LogP contribution in [0.2, 0.25) is 0 Å². The minimum atomic E-state index is -1.000. The van der Waals surface area contributed by atoms with Crippen LogP contribution in [0.1, 0.15) is 21.5 Å². The molecule has 0 atom stereocenters. The number of aromatic carboxylic acids is 1. The van der Waals surface area contributed by atoms with Gasteiger partial charge in [0.05, 0.1) is 17.4 Å². The van der Waals surface area contributed by atoms with Crippen molar-refractivity contribution in [2.75, 3.05) is 10.6 Å². The number of rotatable bonds is 3. The van der Waals surface area contributed by atoms with Crippen molar-refractivity contribution in [3.63, 3.8) is 0 Å². The number of aryl methyl sites for hydroxylation is 2. The van der Waals surface area contributed by atoms with Crippen molar-refractivity contribution in [1.82, 2.24) is 4.98 Å². The molecule has 0 radical (unpaired) electrons. The number of hydrogen-bond donors (Lipinski definition) is 3. The molecule has 0 unspecified atom stereocenters. The van der Waals surface area contributed by atoms with Gasteiger partial charge in [-0.2, -0.15) is 0 Å². The Morgan fingerprint density at radius 3 is 2.38 bits per heavy atom. The zero-order valence-electron chi connectivity index (χ0n) is 11.7. The third-order valence-electron chi connectivity index (χ3n) is 3.01. The molecule has 2 aromatic rings. The van der Waals surface area contributed by atoms with Gasteiger partial charge in [0.1, 0.15) is 0 Å². The van der Waals surface area contributed by atoms with E-state index in [9.17, 15) is 9.59 Å². The molecule has 2 rings (SSSR count). The average molecular weight is 285 g/mol. The molecule has 1 heterocycles. The molecule has 0 aliphatic heterocycles. The molecule has 3 N–H and O–H groups in total. The molecule has 0 bridgehead atoms. The van der Waals surface area contributed by atoms with E-state index in [0.717, 1.165) is 5.56 Å². The van der Waals surface area contributed by atoms with E-state index in [1.807, 2.05) is 6.92 Å². The highest BCUT2D eigenvalue weighted by molar-refractivity contribution is 6.01. The van der Waals surface area contributed by atoms with Crippen LogP contribution in [0.15, 0.2) is 36.7 Å². The molecule has 0 spiro atoms. The van der Waals surface area contributed by atoms with Gasteiger partial charge in [0.2, 0.25) is 0 Å². The summed E-state index contributed by atoms with van der Waals surface area (Å²) in [4.78, 5) is 26.7. The summed E-state index contributed by atoms with van der Waals surface area (Å²) in [5.74, 6) is -1.000. The summed E-state index contributed by atoms with van der Waals surface area (Å²) in [6.45, 7) is 3.60. The van der Waals surface area contributed by atoms with Gasteiger partial charge in [-0.1, -0.05) is 0 Å². The van der Waals surface area contributed by atoms with Gasteiger partial charge in [0.25, 0.3) is 0 Å². The topological polar surface area (TPSA) is 91.3 Å². The van der Waals surface area contributed by atoms with Crippen molar-refractivity contribution in [2.45, 2.75) is 13.8 Å². The van der Waals surface area contributed by atoms with Crippen LogP contribution in [0.5, 0.6) is 0 Å². The molecule has 0 aliphatic rings. The number of amides is 2. The molecule has 1 aromatic heterocycles. The first-order valence-electron chi connectivity index (χ1n) is 6.30. The van der Waals surface area contributed by atoms with Gasteiger partial charge < -0.3 is 15.7 Å². The SMILES string of the molecule is Cc1cc(C(=O)O)ccc1NC(=O)Nc1cnccc1C. The number of pyridine rings is 1. The predicted molar refractivity (Wildman–Crippen MR) is 79.8 cm³/mol. The van der Waals surface area contributed by atoms with Gasteiger partial charge in [-0.05, 0) is 49.2 Å². The van der Waals surface area contributed by atoms with Gasteiger partial charge in [-0.3, -0.25) is 4.98 Å².